The maximum atomic E-state index is 11.1. The molecule has 0 aliphatic rings. The van der Waals surface area contributed by atoms with Gasteiger partial charge in [0.25, 0.3) is 0 Å². The van der Waals surface area contributed by atoms with E-state index in [4.69, 9.17) is 24.1 Å². The third kappa shape index (κ3) is 6.67. The minimum Gasteiger partial charge on any atom is -0.484 e. The van der Waals surface area contributed by atoms with Gasteiger partial charge in [-0.1, -0.05) is 18.2 Å². The Bertz CT molecular complexity index is 678. The molecular formula is C18H21NO7. The van der Waals surface area contributed by atoms with Gasteiger partial charge in [-0.3, -0.25) is 10.1 Å². The third-order valence-corrected chi connectivity index (χ3v) is 3.20. The van der Waals surface area contributed by atoms with E-state index in [-0.39, 0.29) is 37.9 Å². The quantitative estimate of drug-likeness (QED) is 0.351. The molecular weight excluding hydrogens is 342 g/mol. The second kappa shape index (κ2) is 11.0. The summed E-state index contributed by atoms with van der Waals surface area (Å²) in [4.78, 5) is 10.6. The van der Waals surface area contributed by atoms with E-state index in [1.165, 1.54) is 18.2 Å². The van der Waals surface area contributed by atoms with E-state index >= 15 is 0 Å². The average Bonchev–Trinajstić information content (AvgIpc) is 2.65. The van der Waals surface area contributed by atoms with Gasteiger partial charge in [-0.15, -0.1) is 0 Å². The van der Waals surface area contributed by atoms with Gasteiger partial charge in [-0.25, -0.2) is 0 Å². The Balaban J connectivity index is 1.88. The number of ether oxygens (including phenoxy) is 4. The number of nitro benzene ring substituents is 1. The first-order chi connectivity index (χ1) is 12.7. The highest BCUT2D eigenvalue weighted by molar-refractivity contribution is 5.51. The van der Waals surface area contributed by atoms with Crippen LogP contribution in [0.15, 0.2) is 48.5 Å². The maximum absolute atomic E-state index is 11.1. The minimum atomic E-state index is -0.509. The van der Waals surface area contributed by atoms with Crippen molar-refractivity contribution in [1.29, 1.82) is 0 Å². The lowest BCUT2D eigenvalue weighted by atomic mass is 10.2. The molecule has 26 heavy (non-hydrogen) atoms. The molecule has 0 bridgehead atoms. The van der Waals surface area contributed by atoms with Crippen LogP contribution in [0.3, 0.4) is 0 Å². The van der Waals surface area contributed by atoms with Gasteiger partial charge < -0.3 is 24.1 Å². The standard InChI is InChI=1S/C18H21NO7/c20-8-9-23-10-11-24-12-13-25-18-14-16(6-7-17(18)19(21)22)26-15-4-2-1-3-5-15/h1-7,14,20H,8-13H2. The fourth-order valence-corrected chi connectivity index (χ4v) is 2.05. The molecule has 1 N–H and O–H groups in total. The largest absolute Gasteiger partial charge is 0.484 e. The number of hydrogen-bond donors (Lipinski definition) is 1. The van der Waals surface area contributed by atoms with Gasteiger partial charge in [0.1, 0.15) is 18.1 Å². The molecule has 0 fully saturated rings. The predicted molar refractivity (Wildman–Crippen MR) is 93.8 cm³/mol. The van der Waals surface area contributed by atoms with Crippen molar-refractivity contribution in [2.24, 2.45) is 0 Å². The summed E-state index contributed by atoms with van der Waals surface area (Å²) in [6.07, 6.45) is 0. The molecule has 0 saturated carbocycles. The molecule has 8 nitrogen and oxygen atoms in total. The molecule has 0 heterocycles. The first kappa shape index (κ1) is 19.6. The van der Waals surface area contributed by atoms with Crippen LogP contribution in [0.2, 0.25) is 0 Å². The number of aliphatic hydroxyl groups excluding tert-OH is 1. The second-order valence-corrected chi connectivity index (χ2v) is 5.10. The molecule has 0 amide bonds. The van der Waals surface area contributed by atoms with Crippen LogP contribution >= 0.6 is 0 Å². The van der Waals surface area contributed by atoms with Gasteiger partial charge in [-0.05, 0) is 18.2 Å². The molecule has 0 saturated heterocycles. The Morgan fingerprint density at radius 3 is 2.27 bits per heavy atom. The lowest BCUT2D eigenvalue weighted by Gasteiger charge is -2.10. The molecule has 8 heteroatoms. The van der Waals surface area contributed by atoms with E-state index in [2.05, 4.69) is 0 Å². The summed E-state index contributed by atoms with van der Waals surface area (Å²) in [6, 6.07) is 13.5. The van der Waals surface area contributed by atoms with Gasteiger partial charge in [0.15, 0.2) is 0 Å². The maximum Gasteiger partial charge on any atom is 0.311 e. The Kier molecular flexibility index (Phi) is 8.34. The van der Waals surface area contributed by atoms with E-state index < -0.39 is 4.92 Å². The van der Waals surface area contributed by atoms with E-state index in [0.29, 0.717) is 24.7 Å². The average molecular weight is 363 g/mol. The van der Waals surface area contributed by atoms with E-state index in [9.17, 15) is 10.1 Å². The van der Waals surface area contributed by atoms with Gasteiger partial charge >= 0.3 is 5.69 Å². The van der Waals surface area contributed by atoms with Crippen LogP contribution < -0.4 is 9.47 Å². The van der Waals surface area contributed by atoms with Crippen LogP contribution in [0.1, 0.15) is 0 Å². The van der Waals surface area contributed by atoms with Gasteiger partial charge in [0.05, 0.1) is 38.0 Å². The molecule has 0 aromatic heterocycles. The van der Waals surface area contributed by atoms with Gasteiger partial charge in [-0.2, -0.15) is 0 Å². The Morgan fingerprint density at radius 1 is 0.885 bits per heavy atom. The Morgan fingerprint density at radius 2 is 1.58 bits per heavy atom. The zero-order chi connectivity index (χ0) is 18.6. The van der Waals surface area contributed by atoms with Crippen molar-refractivity contribution in [3.8, 4) is 17.2 Å². The third-order valence-electron chi connectivity index (χ3n) is 3.20. The number of rotatable bonds is 12. The molecule has 0 atom stereocenters. The first-order valence-electron chi connectivity index (χ1n) is 8.11. The summed E-state index contributed by atoms with van der Waals surface area (Å²) in [5.74, 6) is 1.18. The molecule has 2 aromatic carbocycles. The fraction of sp³-hybridized carbons (Fsp3) is 0.333. The highest BCUT2D eigenvalue weighted by atomic mass is 16.6. The van der Waals surface area contributed by atoms with E-state index in [1.54, 1.807) is 12.1 Å². The van der Waals surface area contributed by atoms with Crippen LogP contribution in [0, 0.1) is 10.1 Å². The lowest BCUT2D eigenvalue weighted by Crippen LogP contribution is -2.12. The molecule has 0 aliphatic carbocycles. The second-order valence-electron chi connectivity index (χ2n) is 5.10. The summed E-state index contributed by atoms with van der Waals surface area (Å²) >= 11 is 0. The molecule has 0 spiro atoms. The van der Waals surface area contributed by atoms with Crippen molar-refractivity contribution >= 4 is 5.69 Å². The summed E-state index contributed by atoms with van der Waals surface area (Å²) in [6.45, 7) is 1.34. The summed E-state index contributed by atoms with van der Waals surface area (Å²) in [5.41, 5.74) is -0.142. The Labute approximate surface area is 151 Å². The Hall–Kier alpha value is -2.68. The summed E-state index contributed by atoms with van der Waals surface area (Å²) in [5, 5.41) is 19.7. The van der Waals surface area contributed by atoms with E-state index in [0.717, 1.165) is 0 Å². The van der Waals surface area contributed by atoms with Crippen LogP contribution in [0.25, 0.3) is 0 Å². The number of nitro groups is 1. The van der Waals surface area contributed by atoms with Crippen LogP contribution in [-0.2, 0) is 9.47 Å². The fourth-order valence-electron chi connectivity index (χ4n) is 2.05. The topological polar surface area (TPSA) is 100 Å². The molecule has 0 aliphatic heterocycles. The normalized spacial score (nSPS) is 10.5. The van der Waals surface area contributed by atoms with Crippen molar-refractivity contribution in [1.82, 2.24) is 0 Å². The lowest BCUT2D eigenvalue weighted by molar-refractivity contribution is -0.385. The minimum absolute atomic E-state index is 0.0336. The van der Waals surface area contributed by atoms with Crippen LogP contribution in [0.4, 0.5) is 5.69 Å². The van der Waals surface area contributed by atoms with Crippen LogP contribution in [-0.4, -0.2) is 49.7 Å². The van der Waals surface area contributed by atoms with Crippen molar-refractivity contribution in [2.75, 3.05) is 39.6 Å². The van der Waals surface area contributed by atoms with Crippen LogP contribution in [0.5, 0.6) is 17.2 Å². The van der Waals surface area contributed by atoms with Gasteiger partial charge in [0.2, 0.25) is 5.75 Å². The van der Waals surface area contributed by atoms with Crippen molar-refractivity contribution in [2.45, 2.75) is 0 Å². The predicted octanol–water partition coefficient (Wildman–Crippen LogP) is 2.79. The highest BCUT2D eigenvalue weighted by Crippen LogP contribution is 2.33. The van der Waals surface area contributed by atoms with E-state index in [1.807, 2.05) is 18.2 Å². The summed E-state index contributed by atoms with van der Waals surface area (Å²) in [7, 11) is 0. The molecule has 2 aromatic rings. The molecule has 0 unspecified atom stereocenters. The number of para-hydroxylation sites is 1. The highest BCUT2D eigenvalue weighted by Gasteiger charge is 2.16. The number of benzene rings is 2. The SMILES string of the molecule is O=[N+]([O-])c1ccc(Oc2ccccc2)cc1OCCOCCOCCO. The number of aliphatic hydroxyl groups is 1. The monoisotopic (exact) mass is 363 g/mol. The zero-order valence-corrected chi connectivity index (χ0v) is 14.2. The molecule has 2 rings (SSSR count). The van der Waals surface area contributed by atoms with Crippen molar-refractivity contribution < 1.29 is 29.0 Å². The number of nitrogens with zero attached hydrogens (tertiary/aromatic N) is 1. The smallest absolute Gasteiger partial charge is 0.311 e. The molecule has 140 valence electrons. The summed E-state index contributed by atoms with van der Waals surface area (Å²) < 4.78 is 21.5. The van der Waals surface area contributed by atoms with Crippen molar-refractivity contribution in [3.63, 3.8) is 0 Å². The molecule has 0 radical (unpaired) electrons. The number of hydrogen-bond acceptors (Lipinski definition) is 7. The first-order valence-corrected chi connectivity index (χ1v) is 8.11. The van der Waals surface area contributed by atoms with Gasteiger partial charge in [0, 0.05) is 12.1 Å². The zero-order valence-electron chi connectivity index (χ0n) is 14.2. The van der Waals surface area contributed by atoms with Crippen molar-refractivity contribution in [3.05, 3.63) is 58.6 Å².